The lowest BCUT2D eigenvalue weighted by molar-refractivity contribution is 1.18. The van der Waals surface area contributed by atoms with E-state index in [1.54, 1.807) is 0 Å². The quantitative estimate of drug-likeness (QED) is 0.204. The fourth-order valence-electron chi connectivity index (χ4n) is 7.17. The standard InChI is InChI=1S/C36H21N5/c1-2-7-22(8-3-1)40-30-10-5-4-9-24(30)27-17-21-18-28-23(26(21)19-33(27)40)12-13-25-34(28)36-39-29-20-37-16-14-31(29)41(36)32-11-6-15-38-35(25)32/h1-17,19-20H,18H2. The minimum absolute atomic E-state index is 0.859. The fraction of sp³-hybridized carbons (Fsp3) is 0.0278. The number of pyridine rings is 3. The molecule has 0 saturated carbocycles. The van der Waals surface area contributed by atoms with E-state index in [0.29, 0.717) is 0 Å². The number of imidazole rings is 1. The van der Waals surface area contributed by atoms with Crippen molar-refractivity contribution < 1.29 is 0 Å². The van der Waals surface area contributed by atoms with Gasteiger partial charge in [-0.1, -0.05) is 48.5 Å². The molecule has 0 spiro atoms. The van der Waals surface area contributed by atoms with E-state index in [0.717, 1.165) is 39.5 Å². The smallest absolute Gasteiger partial charge is 0.146 e. The summed E-state index contributed by atoms with van der Waals surface area (Å²) in [7, 11) is 0. The van der Waals surface area contributed by atoms with Crippen molar-refractivity contribution in [3.8, 4) is 16.8 Å². The van der Waals surface area contributed by atoms with Crippen molar-refractivity contribution in [1.29, 1.82) is 0 Å². The van der Waals surface area contributed by atoms with E-state index in [4.69, 9.17) is 9.97 Å². The number of rotatable bonds is 1. The lowest BCUT2D eigenvalue weighted by Crippen LogP contribution is -1.96. The third kappa shape index (κ3) is 2.68. The molecule has 1 aliphatic carbocycles. The number of benzene rings is 4. The SMILES string of the molecule is c1ccc(-n2c3ccccc3c3cc4c(cc32)-c2ccc3c5ncccc5n5c6ccncc6nc5c3c2C4)cc1. The molecule has 5 heterocycles. The maximum atomic E-state index is 5.14. The minimum Gasteiger partial charge on any atom is -0.309 e. The molecule has 0 saturated heterocycles. The molecule has 0 radical (unpaired) electrons. The summed E-state index contributed by atoms with van der Waals surface area (Å²) in [6.45, 7) is 0. The highest BCUT2D eigenvalue weighted by atomic mass is 15.0. The van der Waals surface area contributed by atoms with Crippen LogP contribution in [0.25, 0.3) is 77.1 Å². The first-order valence-corrected chi connectivity index (χ1v) is 13.9. The van der Waals surface area contributed by atoms with Crippen LogP contribution in [0.2, 0.25) is 0 Å². The first-order valence-electron chi connectivity index (χ1n) is 13.9. The second-order valence-corrected chi connectivity index (χ2v) is 10.9. The van der Waals surface area contributed by atoms with Crippen molar-refractivity contribution in [2.45, 2.75) is 6.42 Å². The zero-order chi connectivity index (χ0) is 26.7. The van der Waals surface area contributed by atoms with Gasteiger partial charge in [0, 0.05) is 39.6 Å². The molecule has 41 heavy (non-hydrogen) atoms. The first kappa shape index (κ1) is 21.3. The maximum absolute atomic E-state index is 5.14. The van der Waals surface area contributed by atoms with E-state index in [9.17, 15) is 0 Å². The average molecular weight is 524 g/mol. The van der Waals surface area contributed by atoms with Gasteiger partial charge in [0.05, 0.1) is 33.8 Å². The van der Waals surface area contributed by atoms with Crippen LogP contribution in [0.3, 0.4) is 0 Å². The van der Waals surface area contributed by atoms with Crippen molar-refractivity contribution >= 4 is 60.3 Å². The van der Waals surface area contributed by atoms with Gasteiger partial charge in [0.15, 0.2) is 0 Å². The maximum Gasteiger partial charge on any atom is 0.146 e. The molecule has 5 aromatic heterocycles. The summed E-state index contributed by atoms with van der Waals surface area (Å²) in [6, 6.07) is 34.9. The van der Waals surface area contributed by atoms with E-state index in [2.05, 4.69) is 98.9 Å². The van der Waals surface area contributed by atoms with Crippen LogP contribution in [0.15, 0.2) is 116 Å². The summed E-state index contributed by atoms with van der Waals surface area (Å²) in [6.07, 6.45) is 6.44. The molecule has 4 aromatic carbocycles. The zero-order valence-corrected chi connectivity index (χ0v) is 21.9. The van der Waals surface area contributed by atoms with E-state index in [1.165, 1.54) is 55.1 Å². The Morgan fingerprint density at radius 1 is 0.634 bits per heavy atom. The molecular weight excluding hydrogens is 502 g/mol. The van der Waals surface area contributed by atoms with Crippen LogP contribution in [0, 0.1) is 0 Å². The van der Waals surface area contributed by atoms with Crippen LogP contribution in [0.5, 0.6) is 0 Å². The van der Waals surface area contributed by atoms with Crippen molar-refractivity contribution in [3.63, 3.8) is 0 Å². The highest BCUT2D eigenvalue weighted by Crippen LogP contribution is 2.46. The van der Waals surface area contributed by atoms with Crippen LogP contribution in [-0.2, 0) is 6.42 Å². The van der Waals surface area contributed by atoms with Crippen molar-refractivity contribution in [3.05, 3.63) is 127 Å². The van der Waals surface area contributed by atoms with E-state index in [1.807, 2.05) is 30.7 Å². The van der Waals surface area contributed by atoms with E-state index >= 15 is 0 Å². The Bertz CT molecular complexity index is 2550. The molecule has 0 aliphatic heterocycles. The van der Waals surface area contributed by atoms with Gasteiger partial charge in [-0.05, 0) is 77.2 Å². The normalized spacial score (nSPS) is 12.8. The number of nitrogens with zero attached hydrogens (tertiary/aromatic N) is 5. The molecule has 0 amide bonds. The first-order chi connectivity index (χ1) is 20.3. The second kappa shape index (κ2) is 7.55. The van der Waals surface area contributed by atoms with Gasteiger partial charge in [0.25, 0.3) is 0 Å². The van der Waals surface area contributed by atoms with Crippen LogP contribution >= 0.6 is 0 Å². The summed E-state index contributed by atoms with van der Waals surface area (Å²) in [5.41, 5.74) is 13.9. The van der Waals surface area contributed by atoms with Crippen molar-refractivity contribution in [2.75, 3.05) is 0 Å². The van der Waals surface area contributed by atoms with Gasteiger partial charge in [-0.3, -0.25) is 14.4 Å². The average Bonchev–Trinajstić information content (AvgIpc) is 3.69. The predicted molar refractivity (Wildman–Crippen MR) is 166 cm³/mol. The molecule has 1 aliphatic rings. The highest BCUT2D eigenvalue weighted by molar-refractivity contribution is 6.17. The van der Waals surface area contributed by atoms with Gasteiger partial charge in [0.2, 0.25) is 0 Å². The summed E-state index contributed by atoms with van der Waals surface area (Å²) in [4.78, 5) is 14.4. The number of aromatic nitrogens is 5. The van der Waals surface area contributed by atoms with E-state index in [-0.39, 0.29) is 0 Å². The van der Waals surface area contributed by atoms with Crippen molar-refractivity contribution in [2.24, 2.45) is 0 Å². The predicted octanol–water partition coefficient (Wildman–Crippen LogP) is 8.25. The monoisotopic (exact) mass is 523 g/mol. The summed E-state index contributed by atoms with van der Waals surface area (Å²) >= 11 is 0. The lowest BCUT2D eigenvalue weighted by Gasteiger charge is -2.12. The Kier molecular flexibility index (Phi) is 3.92. The lowest BCUT2D eigenvalue weighted by atomic mass is 9.98. The van der Waals surface area contributed by atoms with Gasteiger partial charge in [-0.15, -0.1) is 0 Å². The number of hydrogen-bond donors (Lipinski definition) is 0. The Morgan fingerprint density at radius 3 is 2.46 bits per heavy atom. The topological polar surface area (TPSA) is 48.0 Å². The molecule has 190 valence electrons. The number of hydrogen-bond acceptors (Lipinski definition) is 3. The van der Waals surface area contributed by atoms with Crippen LogP contribution in [-0.4, -0.2) is 23.9 Å². The summed E-state index contributed by atoms with van der Waals surface area (Å²) in [5.74, 6) is 0. The molecule has 0 N–H and O–H groups in total. The molecule has 5 heteroatoms. The Morgan fingerprint density at radius 2 is 1.51 bits per heavy atom. The third-order valence-electron chi connectivity index (χ3n) is 8.85. The molecular formula is C36H21N5. The Balaban J connectivity index is 1.34. The van der Waals surface area contributed by atoms with E-state index < -0.39 is 0 Å². The fourth-order valence-corrected chi connectivity index (χ4v) is 7.17. The van der Waals surface area contributed by atoms with Crippen LogP contribution in [0.1, 0.15) is 11.1 Å². The molecule has 0 fully saturated rings. The number of para-hydroxylation sites is 2. The van der Waals surface area contributed by atoms with Crippen LogP contribution < -0.4 is 0 Å². The molecule has 5 nitrogen and oxygen atoms in total. The van der Waals surface area contributed by atoms with Gasteiger partial charge in [-0.25, -0.2) is 4.98 Å². The molecule has 9 aromatic rings. The molecule has 0 atom stereocenters. The Labute approximate surface area is 234 Å². The molecule has 0 bridgehead atoms. The number of fused-ring (bicyclic) bond motifs is 15. The van der Waals surface area contributed by atoms with Crippen LogP contribution in [0.4, 0.5) is 0 Å². The summed E-state index contributed by atoms with van der Waals surface area (Å²) in [5, 5.41) is 4.89. The van der Waals surface area contributed by atoms with Gasteiger partial charge >= 0.3 is 0 Å². The van der Waals surface area contributed by atoms with Crippen molar-refractivity contribution in [1.82, 2.24) is 23.9 Å². The zero-order valence-electron chi connectivity index (χ0n) is 21.9. The van der Waals surface area contributed by atoms with Gasteiger partial charge < -0.3 is 4.57 Å². The largest absolute Gasteiger partial charge is 0.309 e. The van der Waals surface area contributed by atoms with Gasteiger partial charge in [-0.2, -0.15) is 0 Å². The van der Waals surface area contributed by atoms with Gasteiger partial charge in [0.1, 0.15) is 11.2 Å². The third-order valence-corrected chi connectivity index (χ3v) is 8.85. The molecule has 10 rings (SSSR count). The minimum atomic E-state index is 0.859. The Hall–Kier alpha value is -5.55. The molecule has 0 unspecified atom stereocenters. The summed E-state index contributed by atoms with van der Waals surface area (Å²) < 4.78 is 4.66. The highest BCUT2D eigenvalue weighted by Gasteiger charge is 2.26. The second-order valence-electron chi connectivity index (χ2n) is 10.9.